The minimum atomic E-state index is -3.02. The molecule has 0 saturated heterocycles. The van der Waals surface area contributed by atoms with Crippen LogP contribution in [-0.4, -0.2) is 42.2 Å². The summed E-state index contributed by atoms with van der Waals surface area (Å²) in [4.78, 5) is 4.60. The Morgan fingerprint density at radius 3 is 2.43 bits per heavy atom. The number of alkyl halides is 2. The molecule has 2 aromatic rings. The Hall–Kier alpha value is -2.52. The highest BCUT2D eigenvalue weighted by Gasteiger charge is 2.54. The Bertz CT molecular complexity index is 1160. The highest BCUT2D eigenvalue weighted by Crippen LogP contribution is 2.48. The van der Waals surface area contributed by atoms with E-state index in [1.54, 1.807) is 13.0 Å². The molecule has 1 heterocycles. The van der Waals surface area contributed by atoms with Gasteiger partial charge < -0.3 is 10.4 Å². The molecule has 35 heavy (non-hydrogen) atoms. The fourth-order valence-electron chi connectivity index (χ4n) is 4.70. The van der Waals surface area contributed by atoms with E-state index in [4.69, 9.17) is 0 Å². The number of rotatable bonds is 9. The summed E-state index contributed by atoms with van der Waals surface area (Å²) in [5, 5.41) is 13.8. The second-order valence-corrected chi connectivity index (χ2v) is 11.1. The lowest BCUT2D eigenvalue weighted by Gasteiger charge is -2.35. The summed E-state index contributed by atoms with van der Waals surface area (Å²) in [6, 6.07) is 9.35. The van der Waals surface area contributed by atoms with Gasteiger partial charge in [0.05, 0.1) is 18.0 Å². The van der Waals surface area contributed by atoms with Gasteiger partial charge in [-0.1, -0.05) is 36.9 Å². The zero-order valence-electron chi connectivity index (χ0n) is 21.6. The molecule has 6 heteroatoms. The molecule has 2 N–H and O–H groups in total. The van der Waals surface area contributed by atoms with Gasteiger partial charge in [-0.3, -0.25) is 4.99 Å². The summed E-state index contributed by atoms with van der Waals surface area (Å²) >= 11 is 0. The maximum Gasteiger partial charge on any atom is 0.257 e. The van der Waals surface area contributed by atoms with E-state index in [0.717, 1.165) is 55.2 Å². The number of aromatic hydroxyl groups is 1. The highest BCUT2D eigenvalue weighted by atomic mass is 31.1. The van der Waals surface area contributed by atoms with E-state index in [9.17, 15) is 5.11 Å². The largest absolute Gasteiger partial charge is 0.508 e. The average Bonchev–Trinajstić information content (AvgIpc) is 3.23. The van der Waals surface area contributed by atoms with Crippen LogP contribution in [0, 0.1) is 20.8 Å². The standard InChI is InChI=1S/C29H37F2N2OP/c1-17(2)26(15-35-8)33-21(6)24-10-9-22(11-19(24)4)25-14-29(16-32-25,28(7,30)31)23-12-18(3)20(5)27(34)13-23/h9-13,26,33-35H,1,6,14-16H2,2-5,7-8H3. The van der Waals surface area contributed by atoms with Gasteiger partial charge in [0, 0.05) is 24.8 Å². The van der Waals surface area contributed by atoms with Gasteiger partial charge in [0.25, 0.3) is 5.92 Å². The van der Waals surface area contributed by atoms with E-state index in [2.05, 4.69) is 30.1 Å². The molecule has 0 amide bonds. The van der Waals surface area contributed by atoms with Crippen molar-refractivity contribution in [2.45, 2.75) is 58.4 Å². The third-order valence-electron chi connectivity index (χ3n) is 7.28. The normalized spacial score (nSPS) is 19.1. The van der Waals surface area contributed by atoms with Crippen LogP contribution < -0.4 is 5.32 Å². The summed E-state index contributed by atoms with van der Waals surface area (Å²) in [6.45, 7) is 19.1. The van der Waals surface area contributed by atoms with Crippen molar-refractivity contribution < 1.29 is 13.9 Å². The number of benzene rings is 2. The monoisotopic (exact) mass is 498 g/mol. The number of aliphatic imine (C=N–C) groups is 1. The summed E-state index contributed by atoms with van der Waals surface area (Å²) in [5.74, 6) is -2.98. The fraction of sp³-hybridized carbons (Fsp3) is 0.414. The van der Waals surface area contributed by atoms with Crippen molar-refractivity contribution in [2.75, 3.05) is 19.4 Å². The molecule has 2 aromatic carbocycles. The summed E-state index contributed by atoms with van der Waals surface area (Å²) in [7, 11) is 0.804. The van der Waals surface area contributed by atoms with E-state index in [0.29, 0.717) is 16.8 Å². The van der Waals surface area contributed by atoms with Crippen LogP contribution in [-0.2, 0) is 5.41 Å². The number of nitrogens with zero attached hydrogens (tertiary/aromatic N) is 1. The van der Waals surface area contributed by atoms with E-state index >= 15 is 8.78 Å². The minimum absolute atomic E-state index is 0.0269. The van der Waals surface area contributed by atoms with Gasteiger partial charge in [-0.25, -0.2) is 8.78 Å². The molecule has 0 saturated carbocycles. The van der Waals surface area contributed by atoms with Gasteiger partial charge in [0.1, 0.15) is 5.75 Å². The lowest BCUT2D eigenvalue weighted by molar-refractivity contribution is -0.0525. The third kappa shape index (κ3) is 5.35. The van der Waals surface area contributed by atoms with E-state index in [-0.39, 0.29) is 24.8 Å². The predicted molar refractivity (Wildman–Crippen MR) is 147 cm³/mol. The second kappa shape index (κ2) is 10.2. The molecule has 3 rings (SSSR count). The van der Waals surface area contributed by atoms with Crippen LogP contribution in [0.1, 0.15) is 53.6 Å². The summed E-state index contributed by atoms with van der Waals surface area (Å²) < 4.78 is 30.3. The van der Waals surface area contributed by atoms with Gasteiger partial charge in [0.2, 0.25) is 0 Å². The van der Waals surface area contributed by atoms with Crippen LogP contribution in [0.3, 0.4) is 0 Å². The van der Waals surface area contributed by atoms with E-state index in [1.165, 1.54) is 6.07 Å². The van der Waals surface area contributed by atoms with Gasteiger partial charge in [-0.2, -0.15) is 0 Å². The molecule has 3 atom stereocenters. The first-order valence-corrected chi connectivity index (χ1v) is 13.6. The van der Waals surface area contributed by atoms with Crippen LogP contribution >= 0.6 is 8.58 Å². The fourth-order valence-corrected chi connectivity index (χ4v) is 5.56. The Morgan fingerprint density at radius 1 is 1.20 bits per heavy atom. The Balaban J connectivity index is 1.90. The average molecular weight is 499 g/mol. The zero-order valence-corrected chi connectivity index (χ0v) is 22.6. The topological polar surface area (TPSA) is 44.6 Å². The van der Waals surface area contributed by atoms with E-state index in [1.807, 2.05) is 39.0 Å². The van der Waals surface area contributed by atoms with Crippen LogP contribution in [0.5, 0.6) is 5.75 Å². The molecule has 0 radical (unpaired) electrons. The molecule has 1 aliphatic heterocycles. The first kappa shape index (κ1) is 27.1. The Labute approximate surface area is 210 Å². The van der Waals surface area contributed by atoms with Crippen molar-refractivity contribution in [1.29, 1.82) is 0 Å². The van der Waals surface area contributed by atoms with Crippen LogP contribution in [0.15, 0.2) is 54.1 Å². The molecule has 3 unspecified atom stereocenters. The summed E-state index contributed by atoms with van der Waals surface area (Å²) in [6.07, 6.45) is 1.11. The minimum Gasteiger partial charge on any atom is -0.508 e. The van der Waals surface area contributed by atoms with Crippen molar-refractivity contribution >= 4 is 20.0 Å². The Morgan fingerprint density at radius 2 is 1.89 bits per heavy atom. The molecule has 0 aromatic heterocycles. The van der Waals surface area contributed by atoms with Crippen molar-refractivity contribution in [1.82, 2.24) is 5.32 Å². The van der Waals surface area contributed by atoms with Crippen LogP contribution in [0.2, 0.25) is 0 Å². The molecule has 0 spiro atoms. The molecule has 3 nitrogen and oxygen atoms in total. The quantitative estimate of drug-likeness (QED) is 0.291. The number of hydrogen-bond donors (Lipinski definition) is 2. The molecule has 0 fully saturated rings. The van der Waals surface area contributed by atoms with Crippen molar-refractivity contribution in [3.63, 3.8) is 0 Å². The maximum absolute atomic E-state index is 15.1. The third-order valence-corrected chi connectivity index (χ3v) is 8.09. The first-order valence-electron chi connectivity index (χ1n) is 11.9. The van der Waals surface area contributed by atoms with Gasteiger partial charge in [0.15, 0.2) is 0 Å². The van der Waals surface area contributed by atoms with Gasteiger partial charge >= 0.3 is 0 Å². The Kier molecular flexibility index (Phi) is 7.91. The number of phenolic OH excluding ortho intramolecular Hbond substituents is 1. The molecule has 0 bridgehead atoms. The zero-order chi connectivity index (χ0) is 26.1. The predicted octanol–water partition coefficient (Wildman–Crippen LogP) is 6.92. The van der Waals surface area contributed by atoms with Crippen molar-refractivity contribution in [3.05, 3.63) is 82.4 Å². The van der Waals surface area contributed by atoms with Gasteiger partial charge in [-0.15, -0.1) is 8.58 Å². The van der Waals surface area contributed by atoms with Crippen LogP contribution in [0.25, 0.3) is 5.70 Å². The molecular formula is C29H37F2N2OP. The van der Waals surface area contributed by atoms with Crippen molar-refractivity contribution in [3.8, 4) is 5.75 Å². The number of aryl methyl sites for hydroxylation is 2. The number of phenols is 1. The number of halogens is 2. The number of hydrogen-bond acceptors (Lipinski definition) is 3. The maximum atomic E-state index is 15.1. The SMILES string of the molecule is C=C(NC(CPC)C(=C)C)c1ccc(C2=NCC(c3cc(C)c(C)c(O)c3)(C(C)(F)F)C2)cc1C. The molecule has 1 aliphatic rings. The molecular weight excluding hydrogens is 461 g/mol. The lowest BCUT2D eigenvalue weighted by atomic mass is 9.72. The summed E-state index contributed by atoms with van der Waals surface area (Å²) in [5.41, 5.74) is 5.82. The lowest BCUT2D eigenvalue weighted by Crippen LogP contribution is -2.44. The van der Waals surface area contributed by atoms with Gasteiger partial charge in [-0.05, 0) is 86.0 Å². The second-order valence-electron chi connectivity index (χ2n) is 9.96. The van der Waals surface area contributed by atoms with Crippen LogP contribution in [0.4, 0.5) is 8.78 Å². The molecule has 188 valence electrons. The first-order chi connectivity index (χ1) is 16.3. The van der Waals surface area contributed by atoms with E-state index < -0.39 is 11.3 Å². The molecule has 0 aliphatic carbocycles. The van der Waals surface area contributed by atoms with Crippen molar-refractivity contribution in [2.24, 2.45) is 4.99 Å². The smallest absolute Gasteiger partial charge is 0.257 e. The highest BCUT2D eigenvalue weighted by molar-refractivity contribution is 7.37. The number of nitrogens with one attached hydrogen (secondary N) is 1.